The Morgan fingerprint density at radius 1 is 1.83 bits per heavy atom. The van der Waals surface area contributed by atoms with Crippen LogP contribution in [0.5, 0.6) is 0 Å². The molecule has 6 nitrogen and oxygen atoms in total. The molecule has 1 aromatic rings. The summed E-state index contributed by atoms with van der Waals surface area (Å²) in [6, 6.07) is 1.47. The van der Waals surface area contributed by atoms with E-state index in [4.69, 9.17) is 10.5 Å². The van der Waals surface area contributed by atoms with Crippen LogP contribution < -0.4 is 11.4 Å². The van der Waals surface area contributed by atoms with Crippen LogP contribution in [-0.4, -0.2) is 33.0 Å². The predicted octanol–water partition coefficient (Wildman–Crippen LogP) is 0.224. The molecule has 0 aliphatic carbocycles. The topological polar surface area (TPSA) is 90.4 Å². The molecule has 3 unspecified atom stereocenters. The van der Waals surface area contributed by atoms with Crippen molar-refractivity contribution in [1.29, 1.82) is 0 Å². The van der Waals surface area contributed by atoms with Gasteiger partial charge in [-0.2, -0.15) is 4.98 Å². The zero-order valence-corrected chi connectivity index (χ0v) is 10.0. The van der Waals surface area contributed by atoms with Gasteiger partial charge in [0.2, 0.25) is 0 Å². The Hall–Kier alpha value is -1.47. The molecule has 0 radical (unpaired) electrons. The summed E-state index contributed by atoms with van der Waals surface area (Å²) in [5.41, 5.74) is 3.62. The molecule has 2 rings (SSSR count). The number of anilines is 1. The molecule has 0 saturated carbocycles. The monoisotopic (exact) mass is 257 g/mol. The van der Waals surface area contributed by atoms with Crippen LogP contribution in [0, 0.1) is 0 Å². The van der Waals surface area contributed by atoms with Gasteiger partial charge >= 0.3 is 5.69 Å². The minimum atomic E-state index is -1.31. The van der Waals surface area contributed by atoms with Crippen molar-refractivity contribution in [2.24, 2.45) is 0 Å². The van der Waals surface area contributed by atoms with E-state index < -0.39 is 30.3 Å². The molecule has 2 heterocycles. The minimum absolute atomic E-state index is 0.126. The third kappa shape index (κ3) is 2.11. The molecule has 1 aromatic heterocycles. The molecule has 0 amide bonds. The van der Waals surface area contributed by atoms with Gasteiger partial charge in [0, 0.05) is 6.20 Å². The fraction of sp³-hybridized carbons (Fsp3) is 0.636. The highest BCUT2D eigenvalue weighted by Crippen LogP contribution is 2.38. The normalized spacial score (nSPS) is 29.4. The summed E-state index contributed by atoms with van der Waals surface area (Å²) in [5, 5.41) is 9.28. The lowest BCUT2D eigenvalue weighted by Crippen LogP contribution is -2.42. The zero-order chi connectivity index (χ0) is 13.3. The number of nitrogens with two attached hydrogens (primary N) is 1. The van der Waals surface area contributed by atoms with Crippen molar-refractivity contribution in [3.05, 3.63) is 22.7 Å². The second-order valence-corrected chi connectivity index (χ2v) is 4.49. The summed E-state index contributed by atoms with van der Waals surface area (Å²) in [6.07, 6.45) is 0.329. The fourth-order valence-corrected chi connectivity index (χ4v) is 2.13. The van der Waals surface area contributed by atoms with Crippen LogP contribution in [0.15, 0.2) is 17.1 Å². The third-order valence-corrected chi connectivity index (χ3v) is 3.34. The van der Waals surface area contributed by atoms with Gasteiger partial charge in [-0.3, -0.25) is 4.57 Å². The minimum Gasteiger partial charge on any atom is -0.393 e. The summed E-state index contributed by atoms with van der Waals surface area (Å²) >= 11 is 0. The van der Waals surface area contributed by atoms with Crippen molar-refractivity contribution in [2.75, 3.05) is 12.3 Å². The lowest BCUT2D eigenvalue weighted by molar-refractivity contribution is -0.132. The van der Waals surface area contributed by atoms with Gasteiger partial charge in [-0.05, 0) is 25.8 Å². The zero-order valence-electron chi connectivity index (χ0n) is 10.0. The molecule has 1 fully saturated rings. The van der Waals surface area contributed by atoms with Crippen molar-refractivity contribution in [3.63, 3.8) is 0 Å². The van der Waals surface area contributed by atoms with Crippen LogP contribution in [0.4, 0.5) is 10.2 Å². The number of hydrogen-bond donors (Lipinski definition) is 2. The van der Waals surface area contributed by atoms with E-state index in [0.29, 0.717) is 12.8 Å². The lowest BCUT2D eigenvalue weighted by atomic mass is 9.96. The van der Waals surface area contributed by atoms with Crippen LogP contribution in [0.25, 0.3) is 0 Å². The van der Waals surface area contributed by atoms with E-state index in [-0.39, 0.29) is 5.82 Å². The summed E-state index contributed by atoms with van der Waals surface area (Å²) in [7, 11) is 0. The molecule has 100 valence electrons. The molecule has 0 spiro atoms. The van der Waals surface area contributed by atoms with E-state index in [2.05, 4.69) is 4.98 Å². The maximum absolute atomic E-state index is 13.5. The van der Waals surface area contributed by atoms with Crippen LogP contribution in [-0.2, 0) is 4.74 Å². The number of alkyl halides is 1. The van der Waals surface area contributed by atoms with Gasteiger partial charge in [-0.1, -0.05) is 0 Å². The quantitative estimate of drug-likeness (QED) is 0.808. The standard InChI is InChI=1S/C11H16FN3O3/c1-7(12)11(6-16)4-2-9(18-11)15-5-3-8(13)14-10(15)17/h3,5,7,9,16H,2,4,6H2,1H3,(H2,13,14,17). The molecule has 1 saturated heterocycles. The number of aliphatic hydroxyl groups is 1. The van der Waals surface area contributed by atoms with Crippen molar-refractivity contribution in [1.82, 2.24) is 9.55 Å². The number of aliphatic hydroxyl groups excluding tert-OH is 1. The van der Waals surface area contributed by atoms with Gasteiger partial charge in [0.05, 0.1) is 6.61 Å². The van der Waals surface area contributed by atoms with Crippen LogP contribution >= 0.6 is 0 Å². The Morgan fingerprint density at radius 3 is 3.06 bits per heavy atom. The highest BCUT2D eigenvalue weighted by Gasteiger charge is 2.45. The maximum Gasteiger partial charge on any atom is 0.351 e. The first-order chi connectivity index (χ1) is 8.48. The molecule has 1 aliphatic rings. The summed E-state index contributed by atoms with van der Waals surface area (Å²) < 4.78 is 20.3. The van der Waals surface area contributed by atoms with Gasteiger partial charge in [0.15, 0.2) is 0 Å². The van der Waals surface area contributed by atoms with E-state index in [0.717, 1.165) is 0 Å². The number of hydrogen-bond acceptors (Lipinski definition) is 5. The number of halogens is 1. The highest BCUT2D eigenvalue weighted by atomic mass is 19.1. The molecule has 0 bridgehead atoms. The summed E-state index contributed by atoms with van der Waals surface area (Å²) in [6.45, 7) is 0.918. The first-order valence-electron chi connectivity index (χ1n) is 5.76. The molecular weight excluding hydrogens is 241 g/mol. The Morgan fingerprint density at radius 2 is 2.56 bits per heavy atom. The van der Waals surface area contributed by atoms with Crippen LogP contribution in [0.1, 0.15) is 26.0 Å². The van der Waals surface area contributed by atoms with Crippen molar-refractivity contribution < 1.29 is 14.2 Å². The molecule has 1 aliphatic heterocycles. The molecule has 7 heteroatoms. The largest absolute Gasteiger partial charge is 0.393 e. The first kappa shape index (κ1) is 13.0. The highest BCUT2D eigenvalue weighted by molar-refractivity contribution is 5.23. The Kier molecular flexibility index (Phi) is 3.36. The van der Waals surface area contributed by atoms with E-state index in [1.165, 1.54) is 23.8 Å². The molecule has 3 atom stereocenters. The molecule has 0 aromatic carbocycles. The molecular formula is C11H16FN3O3. The number of rotatable bonds is 3. The van der Waals surface area contributed by atoms with E-state index in [9.17, 15) is 14.3 Å². The van der Waals surface area contributed by atoms with Gasteiger partial charge in [-0.15, -0.1) is 0 Å². The van der Waals surface area contributed by atoms with Gasteiger partial charge in [0.1, 0.15) is 23.8 Å². The second kappa shape index (κ2) is 4.66. The van der Waals surface area contributed by atoms with Crippen molar-refractivity contribution in [3.8, 4) is 0 Å². The predicted molar refractivity (Wildman–Crippen MR) is 62.7 cm³/mol. The van der Waals surface area contributed by atoms with Crippen LogP contribution in [0.2, 0.25) is 0 Å². The van der Waals surface area contributed by atoms with Crippen molar-refractivity contribution >= 4 is 5.82 Å². The number of nitrogens with zero attached hydrogens (tertiary/aromatic N) is 2. The first-order valence-corrected chi connectivity index (χ1v) is 5.76. The van der Waals surface area contributed by atoms with Crippen LogP contribution in [0.3, 0.4) is 0 Å². The SMILES string of the molecule is CC(F)C1(CO)CCC(n2ccc(N)nc2=O)O1. The Bertz CT molecular complexity index is 491. The van der Waals surface area contributed by atoms with E-state index in [1.54, 1.807) is 0 Å². The van der Waals surface area contributed by atoms with Gasteiger partial charge < -0.3 is 15.6 Å². The average Bonchev–Trinajstić information content (AvgIpc) is 2.74. The average molecular weight is 257 g/mol. The second-order valence-electron chi connectivity index (χ2n) is 4.49. The number of aromatic nitrogens is 2. The number of ether oxygens (including phenoxy) is 1. The maximum atomic E-state index is 13.5. The Labute approximate surface area is 103 Å². The fourth-order valence-electron chi connectivity index (χ4n) is 2.13. The number of nitrogen functional groups attached to an aromatic ring is 1. The third-order valence-electron chi connectivity index (χ3n) is 3.34. The molecule has 3 N–H and O–H groups in total. The lowest BCUT2D eigenvalue weighted by Gasteiger charge is -2.28. The van der Waals surface area contributed by atoms with Gasteiger partial charge in [-0.25, -0.2) is 9.18 Å². The van der Waals surface area contributed by atoms with Gasteiger partial charge in [0.25, 0.3) is 0 Å². The van der Waals surface area contributed by atoms with Crippen molar-refractivity contribution in [2.45, 2.75) is 37.8 Å². The van der Waals surface area contributed by atoms with E-state index in [1.807, 2.05) is 0 Å². The Balaban J connectivity index is 2.25. The summed E-state index contributed by atoms with van der Waals surface area (Å²) in [5.74, 6) is 0.126. The smallest absolute Gasteiger partial charge is 0.351 e. The molecule has 18 heavy (non-hydrogen) atoms. The van der Waals surface area contributed by atoms with E-state index >= 15 is 0 Å². The summed E-state index contributed by atoms with van der Waals surface area (Å²) in [4.78, 5) is 15.2.